The summed E-state index contributed by atoms with van der Waals surface area (Å²) in [5, 5.41) is 3.01. The van der Waals surface area contributed by atoms with Crippen LogP contribution in [0.3, 0.4) is 0 Å². The molecule has 0 unspecified atom stereocenters. The summed E-state index contributed by atoms with van der Waals surface area (Å²) in [6.45, 7) is 3.63. The van der Waals surface area contributed by atoms with Gasteiger partial charge in [0.2, 0.25) is 0 Å². The van der Waals surface area contributed by atoms with Crippen molar-refractivity contribution in [3.05, 3.63) is 68.8 Å². The zero-order chi connectivity index (χ0) is 15.4. The summed E-state index contributed by atoms with van der Waals surface area (Å²) in [7, 11) is 0. The Labute approximate surface area is 144 Å². The second-order valence-corrected chi connectivity index (χ2v) is 6.80. The molecule has 3 nitrogen and oxygen atoms in total. The molecule has 0 bridgehead atoms. The third-order valence-corrected chi connectivity index (χ3v) is 4.75. The van der Waals surface area contributed by atoms with Crippen molar-refractivity contribution in [1.29, 1.82) is 0 Å². The number of carbonyl (C=O) groups excluding carboxylic acids is 1. The highest BCUT2D eigenvalue weighted by Crippen LogP contribution is 2.17. The van der Waals surface area contributed by atoms with Crippen LogP contribution in [-0.2, 0) is 13.0 Å². The van der Waals surface area contributed by atoms with E-state index >= 15 is 0 Å². The molecule has 114 valence electrons. The van der Waals surface area contributed by atoms with Crippen molar-refractivity contribution in [2.75, 3.05) is 19.6 Å². The number of benzene rings is 2. The summed E-state index contributed by atoms with van der Waals surface area (Å²) < 4.78 is 1.14. The van der Waals surface area contributed by atoms with Crippen LogP contribution >= 0.6 is 22.6 Å². The van der Waals surface area contributed by atoms with Gasteiger partial charge in [0.1, 0.15) is 0 Å². The van der Waals surface area contributed by atoms with Gasteiger partial charge < -0.3 is 5.32 Å². The Morgan fingerprint density at radius 2 is 1.82 bits per heavy atom. The van der Waals surface area contributed by atoms with Crippen molar-refractivity contribution in [3.8, 4) is 0 Å². The molecule has 1 aliphatic rings. The number of hydrogen-bond acceptors (Lipinski definition) is 2. The van der Waals surface area contributed by atoms with Gasteiger partial charge in [0.15, 0.2) is 0 Å². The highest BCUT2D eigenvalue weighted by atomic mass is 127. The van der Waals surface area contributed by atoms with E-state index in [4.69, 9.17) is 0 Å². The Hall–Kier alpha value is -1.40. The molecule has 0 atom stereocenters. The predicted octanol–water partition coefficient (Wildman–Crippen LogP) is 3.08. The number of halogens is 1. The first-order valence-electron chi connectivity index (χ1n) is 7.55. The second-order valence-electron chi connectivity index (χ2n) is 5.56. The van der Waals surface area contributed by atoms with Crippen molar-refractivity contribution in [1.82, 2.24) is 10.2 Å². The first kappa shape index (κ1) is 15.5. The molecule has 2 aromatic carbocycles. The van der Waals surface area contributed by atoms with E-state index in [1.807, 2.05) is 24.3 Å². The van der Waals surface area contributed by atoms with Crippen LogP contribution in [0, 0.1) is 3.57 Å². The standard InChI is InChI=1S/C18H19IN2O/c19-17-7-5-15(6-8-17)18(22)20-10-12-21-11-9-14-3-1-2-4-16(14)13-21/h1-8H,9-13H2,(H,20,22). The van der Waals surface area contributed by atoms with Gasteiger partial charge in [-0.05, 0) is 64.4 Å². The van der Waals surface area contributed by atoms with Gasteiger partial charge in [-0.3, -0.25) is 9.69 Å². The van der Waals surface area contributed by atoms with Crippen LogP contribution < -0.4 is 5.32 Å². The number of carbonyl (C=O) groups is 1. The number of hydrogen-bond donors (Lipinski definition) is 1. The number of fused-ring (bicyclic) bond motifs is 1. The minimum Gasteiger partial charge on any atom is -0.351 e. The molecule has 4 heteroatoms. The molecular weight excluding hydrogens is 387 g/mol. The first-order chi connectivity index (χ1) is 10.7. The molecule has 1 N–H and O–H groups in total. The topological polar surface area (TPSA) is 32.3 Å². The minimum absolute atomic E-state index is 0.00816. The normalized spacial score (nSPS) is 14.4. The van der Waals surface area contributed by atoms with Gasteiger partial charge in [0, 0.05) is 35.3 Å². The summed E-state index contributed by atoms with van der Waals surface area (Å²) in [5.41, 5.74) is 3.60. The molecule has 1 heterocycles. The molecule has 22 heavy (non-hydrogen) atoms. The summed E-state index contributed by atoms with van der Waals surface area (Å²) in [6, 6.07) is 16.3. The predicted molar refractivity (Wildman–Crippen MR) is 96.9 cm³/mol. The van der Waals surface area contributed by atoms with E-state index in [-0.39, 0.29) is 5.91 Å². The van der Waals surface area contributed by atoms with E-state index < -0.39 is 0 Å². The molecule has 0 fully saturated rings. The molecule has 0 aliphatic carbocycles. The number of nitrogens with one attached hydrogen (secondary N) is 1. The average molecular weight is 406 g/mol. The zero-order valence-corrected chi connectivity index (χ0v) is 14.5. The molecule has 3 rings (SSSR count). The number of nitrogens with zero attached hydrogens (tertiary/aromatic N) is 1. The van der Waals surface area contributed by atoms with Crippen LogP contribution in [0.25, 0.3) is 0 Å². The van der Waals surface area contributed by atoms with Gasteiger partial charge in [0.25, 0.3) is 5.91 Å². The number of amides is 1. The zero-order valence-electron chi connectivity index (χ0n) is 12.4. The van der Waals surface area contributed by atoms with Gasteiger partial charge >= 0.3 is 0 Å². The van der Waals surface area contributed by atoms with Crippen molar-refractivity contribution in [2.24, 2.45) is 0 Å². The molecule has 1 amide bonds. The van der Waals surface area contributed by atoms with Crippen molar-refractivity contribution in [3.63, 3.8) is 0 Å². The summed E-state index contributed by atoms with van der Waals surface area (Å²) >= 11 is 2.24. The van der Waals surface area contributed by atoms with Crippen LogP contribution in [0.2, 0.25) is 0 Å². The maximum Gasteiger partial charge on any atom is 0.251 e. The van der Waals surface area contributed by atoms with Gasteiger partial charge in [-0.15, -0.1) is 0 Å². The molecular formula is C18H19IN2O. The summed E-state index contributed by atoms with van der Waals surface area (Å²) in [5.74, 6) is 0.00816. The maximum absolute atomic E-state index is 12.1. The van der Waals surface area contributed by atoms with Crippen molar-refractivity contribution >= 4 is 28.5 Å². The third kappa shape index (κ3) is 3.87. The van der Waals surface area contributed by atoms with Gasteiger partial charge in [0.05, 0.1) is 0 Å². The lowest BCUT2D eigenvalue weighted by Crippen LogP contribution is -2.37. The lowest BCUT2D eigenvalue weighted by Gasteiger charge is -2.28. The molecule has 0 aromatic heterocycles. The first-order valence-corrected chi connectivity index (χ1v) is 8.63. The largest absolute Gasteiger partial charge is 0.351 e. The van der Waals surface area contributed by atoms with Crippen molar-refractivity contribution < 1.29 is 4.79 Å². The minimum atomic E-state index is 0.00816. The lowest BCUT2D eigenvalue weighted by atomic mass is 10.00. The summed E-state index contributed by atoms with van der Waals surface area (Å²) in [4.78, 5) is 14.5. The van der Waals surface area contributed by atoms with Crippen molar-refractivity contribution in [2.45, 2.75) is 13.0 Å². The molecule has 0 saturated heterocycles. The van der Waals surface area contributed by atoms with Gasteiger partial charge in [-0.25, -0.2) is 0 Å². The molecule has 1 aliphatic heterocycles. The Balaban J connectivity index is 1.48. The quantitative estimate of drug-likeness (QED) is 0.792. The van der Waals surface area contributed by atoms with Crippen LogP contribution in [-0.4, -0.2) is 30.4 Å². The fourth-order valence-electron chi connectivity index (χ4n) is 2.78. The molecule has 0 radical (unpaired) electrons. The Kier molecular flexibility index (Phi) is 5.10. The van der Waals surface area contributed by atoms with E-state index in [1.54, 1.807) is 0 Å². The fraction of sp³-hybridized carbons (Fsp3) is 0.278. The lowest BCUT2D eigenvalue weighted by molar-refractivity contribution is 0.0947. The maximum atomic E-state index is 12.1. The molecule has 0 spiro atoms. The molecule has 2 aromatic rings. The fourth-order valence-corrected chi connectivity index (χ4v) is 3.14. The van der Waals surface area contributed by atoms with E-state index in [0.29, 0.717) is 6.54 Å². The van der Waals surface area contributed by atoms with E-state index in [0.717, 1.165) is 35.2 Å². The van der Waals surface area contributed by atoms with E-state index in [9.17, 15) is 4.79 Å². The second kappa shape index (κ2) is 7.24. The third-order valence-electron chi connectivity index (χ3n) is 4.03. The van der Waals surface area contributed by atoms with Crippen LogP contribution in [0.5, 0.6) is 0 Å². The highest BCUT2D eigenvalue weighted by Gasteiger charge is 2.15. The average Bonchev–Trinajstić information content (AvgIpc) is 2.55. The van der Waals surface area contributed by atoms with Gasteiger partial charge in [-0.2, -0.15) is 0 Å². The number of rotatable bonds is 4. The monoisotopic (exact) mass is 406 g/mol. The van der Waals surface area contributed by atoms with Crippen LogP contribution in [0.1, 0.15) is 21.5 Å². The smallest absolute Gasteiger partial charge is 0.251 e. The SMILES string of the molecule is O=C(NCCN1CCc2ccccc2C1)c1ccc(I)cc1. The van der Waals surface area contributed by atoms with E-state index in [2.05, 4.69) is 57.1 Å². The summed E-state index contributed by atoms with van der Waals surface area (Å²) in [6.07, 6.45) is 1.10. The Morgan fingerprint density at radius 3 is 2.59 bits per heavy atom. The van der Waals surface area contributed by atoms with Crippen LogP contribution in [0.4, 0.5) is 0 Å². The van der Waals surface area contributed by atoms with E-state index in [1.165, 1.54) is 11.1 Å². The van der Waals surface area contributed by atoms with Gasteiger partial charge in [-0.1, -0.05) is 24.3 Å². The Morgan fingerprint density at radius 1 is 1.09 bits per heavy atom. The molecule has 0 saturated carbocycles. The highest BCUT2D eigenvalue weighted by molar-refractivity contribution is 14.1. The van der Waals surface area contributed by atoms with Crippen LogP contribution in [0.15, 0.2) is 48.5 Å². The Bertz CT molecular complexity index is 654.